The van der Waals surface area contributed by atoms with Crippen molar-refractivity contribution in [1.29, 1.82) is 0 Å². The summed E-state index contributed by atoms with van der Waals surface area (Å²) >= 11 is 3.33. The van der Waals surface area contributed by atoms with Crippen LogP contribution in [0, 0.1) is 0 Å². The third-order valence-corrected chi connectivity index (χ3v) is 6.52. The number of sulfonamides is 1. The van der Waals surface area contributed by atoms with Crippen LogP contribution in [-0.2, 0) is 26.2 Å². The number of carbonyl (C=O) groups is 2. The lowest BCUT2D eigenvalue weighted by Crippen LogP contribution is -2.52. The molecule has 0 bridgehead atoms. The summed E-state index contributed by atoms with van der Waals surface area (Å²) in [6.07, 6.45) is 1.05. The number of rotatable bonds is 10. The van der Waals surface area contributed by atoms with Crippen LogP contribution in [0.3, 0.4) is 0 Å². The molecule has 0 aliphatic rings. The van der Waals surface area contributed by atoms with E-state index >= 15 is 0 Å². The molecule has 10 heteroatoms. The van der Waals surface area contributed by atoms with Gasteiger partial charge in [-0.3, -0.25) is 13.9 Å². The molecule has 2 rings (SSSR count). The molecule has 33 heavy (non-hydrogen) atoms. The Balaban J connectivity index is 2.38. The van der Waals surface area contributed by atoms with Crippen molar-refractivity contribution in [1.82, 2.24) is 10.2 Å². The van der Waals surface area contributed by atoms with Gasteiger partial charge in [-0.2, -0.15) is 0 Å². The number of ether oxygens (including phenoxy) is 1. The Bertz CT molecular complexity index is 1070. The third kappa shape index (κ3) is 7.75. The monoisotopic (exact) mass is 539 g/mol. The Kier molecular flexibility index (Phi) is 9.30. The molecule has 0 aliphatic carbocycles. The second-order valence-electron chi connectivity index (χ2n) is 7.96. The zero-order valence-electron chi connectivity index (χ0n) is 19.4. The van der Waals surface area contributed by atoms with E-state index in [1.54, 1.807) is 62.6 Å². The molecule has 0 aromatic heterocycles. The van der Waals surface area contributed by atoms with E-state index in [2.05, 4.69) is 21.2 Å². The molecule has 0 heterocycles. The summed E-state index contributed by atoms with van der Waals surface area (Å²) in [5.41, 5.74) is 1.13. The van der Waals surface area contributed by atoms with Gasteiger partial charge in [-0.05, 0) is 56.7 Å². The minimum absolute atomic E-state index is 0.105. The van der Waals surface area contributed by atoms with Gasteiger partial charge in [0.05, 0.1) is 19.1 Å². The molecule has 180 valence electrons. The fraction of sp³-hybridized carbons (Fsp3) is 0.391. The molecule has 1 N–H and O–H groups in total. The SMILES string of the molecule is COc1ccc(CN(C(=O)CN(c2cccc(Br)c2)S(C)(=O)=O)C(C)C(=O)NC(C)C)cc1. The summed E-state index contributed by atoms with van der Waals surface area (Å²) in [5, 5.41) is 2.81. The minimum Gasteiger partial charge on any atom is -0.497 e. The second-order valence-corrected chi connectivity index (χ2v) is 10.8. The van der Waals surface area contributed by atoms with E-state index in [0.29, 0.717) is 15.9 Å². The summed E-state index contributed by atoms with van der Waals surface area (Å²) in [5.74, 6) is -0.150. The maximum absolute atomic E-state index is 13.4. The number of benzene rings is 2. The molecule has 0 aliphatic heterocycles. The first-order valence-corrected chi connectivity index (χ1v) is 13.0. The molecule has 0 radical (unpaired) electrons. The number of methoxy groups -OCH3 is 1. The zero-order chi connectivity index (χ0) is 24.8. The predicted molar refractivity (Wildman–Crippen MR) is 133 cm³/mol. The van der Waals surface area contributed by atoms with E-state index in [4.69, 9.17) is 4.74 Å². The van der Waals surface area contributed by atoms with Crippen molar-refractivity contribution in [2.24, 2.45) is 0 Å². The van der Waals surface area contributed by atoms with E-state index in [-0.39, 0.29) is 18.5 Å². The fourth-order valence-electron chi connectivity index (χ4n) is 3.16. The maximum atomic E-state index is 13.4. The number of halogens is 1. The highest BCUT2D eigenvalue weighted by atomic mass is 79.9. The Morgan fingerprint density at radius 1 is 1.09 bits per heavy atom. The highest BCUT2D eigenvalue weighted by molar-refractivity contribution is 9.10. The van der Waals surface area contributed by atoms with Crippen molar-refractivity contribution in [3.63, 3.8) is 0 Å². The number of hydrogen-bond donors (Lipinski definition) is 1. The van der Waals surface area contributed by atoms with Crippen molar-refractivity contribution >= 4 is 43.5 Å². The van der Waals surface area contributed by atoms with Gasteiger partial charge in [0.2, 0.25) is 21.8 Å². The molecule has 0 spiro atoms. The highest BCUT2D eigenvalue weighted by Gasteiger charge is 2.30. The van der Waals surface area contributed by atoms with Gasteiger partial charge in [-0.1, -0.05) is 34.1 Å². The lowest BCUT2D eigenvalue weighted by molar-refractivity contribution is -0.139. The number of hydrogen-bond acceptors (Lipinski definition) is 5. The number of nitrogens with zero attached hydrogens (tertiary/aromatic N) is 2. The number of amides is 2. The van der Waals surface area contributed by atoms with E-state index < -0.39 is 28.5 Å². The largest absolute Gasteiger partial charge is 0.497 e. The Morgan fingerprint density at radius 2 is 1.73 bits per heavy atom. The number of carbonyl (C=O) groups excluding carboxylic acids is 2. The second kappa shape index (κ2) is 11.5. The van der Waals surface area contributed by atoms with Crippen LogP contribution in [-0.4, -0.2) is 57.1 Å². The minimum atomic E-state index is -3.76. The molecular weight excluding hydrogens is 510 g/mol. The van der Waals surface area contributed by atoms with Crippen LogP contribution in [0.25, 0.3) is 0 Å². The molecule has 1 atom stereocenters. The van der Waals surface area contributed by atoms with E-state index in [1.165, 1.54) is 4.90 Å². The van der Waals surface area contributed by atoms with Crippen LogP contribution in [0.4, 0.5) is 5.69 Å². The van der Waals surface area contributed by atoms with Crippen LogP contribution in [0.2, 0.25) is 0 Å². The van der Waals surface area contributed by atoms with Crippen LogP contribution in [0.5, 0.6) is 5.75 Å². The fourth-order valence-corrected chi connectivity index (χ4v) is 4.39. The summed E-state index contributed by atoms with van der Waals surface area (Å²) in [4.78, 5) is 27.5. The summed E-state index contributed by atoms with van der Waals surface area (Å²) < 4.78 is 31.9. The summed E-state index contributed by atoms with van der Waals surface area (Å²) in [6.45, 7) is 4.98. The molecule has 8 nitrogen and oxygen atoms in total. The third-order valence-electron chi connectivity index (χ3n) is 4.89. The molecule has 1 unspecified atom stereocenters. The molecule has 0 saturated carbocycles. The Hall–Kier alpha value is -2.59. The average Bonchev–Trinajstić information content (AvgIpc) is 2.74. The van der Waals surface area contributed by atoms with E-state index in [9.17, 15) is 18.0 Å². The first kappa shape index (κ1) is 26.7. The van der Waals surface area contributed by atoms with Crippen molar-refractivity contribution in [2.45, 2.75) is 39.4 Å². The van der Waals surface area contributed by atoms with Gasteiger partial charge in [0.15, 0.2) is 0 Å². The summed E-state index contributed by atoms with van der Waals surface area (Å²) in [6, 6.07) is 12.9. The van der Waals surface area contributed by atoms with Gasteiger partial charge in [0, 0.05) is 17.1 Å². The van der Waals surface area contributed by atoms with Crippen molar-refractivity contribution in [3.8, 4) is 5.75 Å². The van der Waals surface area contributed by atoms with Gasteiger partial charge in [-0.25, -0.2) is 8.42 Å². The number of nitrogens with one attached hydrogen (secondary N) is 1. The van der Waals surface area contributed by atoms with Gasteiger partial charge in [0.25, 0.3) is 0 Å². The normalized spacial score (nSPS) is 12.2. The van der Waals surface area contributed by atoms with E-state index in [0.717, 1.165) is 16.1 Å². The average molecular weight is 540 g/mol. The lowest BCUT2D eigenvalue weighted by Gasteiger charge is -2.32. The summed E-state index contributed by atoms with van der Waals surface area (Å²) in [7, 11) is -2.20. The standard InChI is InChI=1S/C23H30BrN3O5S/c1-16(2)25-23(29)17(3)26(14-18-9-11-21(32-4)12-10-18)22(28)15-27(33(5,30)31)20-8-6-7-19(24)13-20/h6-13,16-17H,14-15H2,1-5H3,(H,25,29). The van der Waals surface area contributed by atoms with Crippen molar-refractivity contribution in [3.05, 3.63) is 58.6 Å². The van der Waals surface area contributed by atoms with Crippen LogP contribution in [0.1, 0.15) is 26.3 Å². The number of anilines is 1. The van der Waals surface area contributed by atoms with Crippen molar-refractivity contribution < 1.29 is 22.7 Å². The first-order chi connectivity index (χ1) is 15.4. The Morgan fingerprint density at radius 3 is 2.24 bits per heavy atom. The highest BCUT2D eigenvalue weighted by Crippen LogP contribution is 2.23. The van der Waals surface area contributed by atoms with Gasteiger partial charge >= 0.3 is 0 Å². The van der Waals surface area contributed by atoms with E-state index in [1.807, 2.05) is 13.8 Å². The smallest absolute Gasteiger partial charge is 0.244 e. The molecule has 0 saturated heterocycles. The lowest BCUT2D eigenvalue weighted by atomic mass is 10.1. The molecular formula is C23H30BrN3O5S. The zero-order valence-corrected chi connectivity index (χ0v) is 21.8. The van der Waals surface area contributed by atoms with Gasteiger partial charge < -0.3 is 15.0 Å². The van der Waals surface area contributed by atoms with Crippen LogP contribution >= 0.6 is 15.9 Å². The van der Waals surface area contributed by atoms with Crippen molar-refractivity contribution in [2.75, 3.05) is 24.2 Å². The topological polar surface area (TPSA) is 96.0 Å². The quantitative estimate of drug-likeness (QED) is 0.500. The van der Waals surface area contributed by atoms with Crippen LogP contribution < -0.4 is 14.4 Å². The molecule has 0 fully saturated rings. The van der Waals surface area contributed by atoms with Gasteiger partial charge in [0.1, 0.15) is 18.3 Å². The first-order valence-electron chi connectivity index (χ1n) is 10.4. The molecule has 2 aromatic rings. The maximum Gasteiger partial charge on any atom is 0.244 e. The van der Waals surface area contributed by atoms with Gasteiger partial charge in [-0.15, -0.1) is 0 Å². The molecule has 2 aromatic carbocycles. The predicted octanol–water partition coefficient (Wildman–Crippen LogP) is 3.17. The Labute approximate surface area is 204 Å². The molecule has 2 amide bonds. The van der Waals surface area contributed by atoms with Crippen LogP contribution in [0.15, 0.2) is 53.0 Å².